The first-order valence-electron chi connectivity index (χ1n) is 8.77. The van der Waals surface area contributed by atoms with Gasteiger partial charge in [0.15, 0.2) is 11.5 Å². The van der Waals surface area contributed by atoms with Gasteiger partial charge in [-0.1, -0.05) is 6.07 Å². The predicted octanol–water partition coefficient (Wildman–Crippen LogP) is 2.24. The van der Waals surface area contributed by atoms with E-state index in [0.29, 0.717) is 29.4 Å². The van der Waals surface area contributed by atoms with E-state index in [1.54, 1.807) is 43.3 Å². The van der Waals surface area contributed by atoms with Crippen LogP contribution in [0.1, 0.15) is 29.3 Å². The number of hydrogen-bond donors (Lipinski definition) is 2. The lowest BCUT2D eigenvalue weighted by atomic mass is 10.2. The molecule has 0 fully saturated rings. The summed E-state index contributed by atoms with van der Waals surface area (Å²) in [6.45, 7) is 2.48. The molecule has 0 unspecified atom stereocenters. The van der Waals surface area contributed by atoms with E-state index in [4.69, 9.17) is 14.2 Å². The average Bonchev–Trinajstić information content (AvgIpc) is 3.15. The Kier molecular flexibility index (Phi) is 6.11. The van der Waals surface area contributed by atoms with Gasteiger partial charge in [0.2, 0.25) is 18.6 Å². The number of ether oxygens (including phenoxy) is 3. The maximum atomic E-state index is 12.0. The van der Waals surface area contributed by atoms with Crippen molar-refractivity contribution in [1.82, 2.24) is 5.32 Å². The summed E-state index contributed by atoms with van der Waals surface area (Å²) in [4.78, 5) is 35.6. The second-order valence-corrected chi connectivity index (χ2v) is 5.99. The first kappa shape index (κ1) is 19.2. The molecule has 2 aromatic carbocycles. The fourth-order valence-electron chi connectivity index (χ4n) is 2.57. The molecule has 0 saturated heterocycles. The molecule has 3 rings (SSSR count). The third kappa shape index (κ3) is 5.00. The molecule has 0 atom stereocenters. The van der Waals surface area contributed by atoms with Gasteiger partial charge >= 0.3 is 5.97 Å². The lowest BCUT2D eigenvalue weighted by molar-refractivity contribution is -0.126. The zero-order valence-corrected chi connectivity index (χ0v) is 15.3. The van der Waals surface area contributed by atoms with Gasteiger partial charge in [-0.3, -0.25) is 9.59 Å². The summed E-state index contributed by atoms with van der Waals surface area (Å²) in [7, 11) is 0. The van der Waals surface area contributed by atoms with Crippen LogP contribution in [0, 0.1) is 0 Å². The lowest BCUT2D eigenvalue weighted by Gasteiger charge is -2.08. The highest BCUT2D eigenvalue weighted by Crippen LogP contribution is 2.32. The number of esters is 1. The van der Waals surface area contributed by atoms with Gasteiger partial charge in [-0.05, 0) is 48.9 Å². The third-order valence-electron chi connectivity index (χ3n) is 3.93. The summed E-state index contributed by atoms with van der Waals surface area (Å²) in [6, 6.07) is 11.6. The number of carbonyl (C=O) groups excluding carboxylic acids is 3. The zero-order valence-electron chi connectivity index (χ0n) is 15.3. The molecule has 0 spiro atoms. The van der Waals surface area contributed by atoms with E-state index in [1.165, 1.54) is 0 Å². The first-order chi connectivity index (χ1) is 13.5. The quantitative estimate of drug-likeness (QED) is 0.561. The molecule has 1 aliphatic rings. The lowest BCUT2D eigenvalue weighted by Crippen LogP contribution is -2.27. The minimum Gasteiger partial charge on any atom is -0.462 e. The molecule has 8 heteroatoms. The van der Waals surface area contributed by atoms with Crippen molar-refractivity contribution in [3.63, 3.8) is 0 Å². The normalized spacial score (nSPS) is 11.6. The van der Waals surface area contributed by atoms with Gasteiger partial charge in [0, 0.05) is 12.2 Å². The summed E-state index contributed by atoms with van der Waals surface area (Å²) in [5, 5.41) is 5.30. The highest BCUT2D eigenvalue weighted by atomic mass is 16.7. The second kappa shape index (κ2) is 8.90. The maximum Gasteiger partial charge on any atom is 0.338 e. The Morgan fingerprint density at radius 1 is 1.00 bits per heavy atom. The van der Waals surface area contributed by atoms with E-state index in [0.717, 1.165) is 5.56 Å². The topological polar surface area (TPSA) is 103 Å². The summed E-state index contributed by atoms with van der Waals surface area (Å²) in [6.07, 6.45) is -0.315. The molecular formula is C20H20N2O6. The number of carbonyl (C=O) groups is 3. The fraction of sp³-hybridized carbons (Fsp3) is 0.250. The number of benzene rings is 2. The van der Waals surface area contributed by atoms with E-state index >= 15 is 0 Å². The van der Waals surface area contributed by atoms with Crippen molar-refractivity contribution in [2.75, 3.05) is 18.7 Å². The van der Waals surface area contributed by atoms with Crippen LogP contribution >= 0.6 is 0 Å². The maximum absolute atomic E-state index is 12.0. The Balaban J connectivity index is 1.45. The van der Waals surface area contributed by atoms with Gasteiger partial charge < -0.3 is 24.8 Å². The van der Waals surface area contributed by atoms with Gasteiger partial charge in [0.05, 0.1) is 12.2 Å². The molecule has 28 heavy (non-hydrogen) atoms. The van der Waals surface area contributed by atoms with Crippen molar-refractivity contribution in [3.8, 4) is 11.5 Å². The molecule has 0 aromatic heterocycles. The fourth-order valence-corrected chi connectivity index (χ4v) is 2.57. The Hall–Kier alpha value is -3.55. The van der Waals surface area contributed by atoms with Crippen LogP contribution in [0.15, 0.2) is 42.5 Å². The molecule has 8 nitrogen and oxygen atoms in total. The van der Waals surface area contributed by atoms with Crippen LogP contribution in [0.4, 0.5) is 5.69 Å². The van der Waals surface area contributed by atoms with Crippen LogP contribution in [0.3, 0.4) is 0 Å². The molecule has 0 bridgehead atoms. The standard InChI is InChI=1S/C20H20N2O6/c1-2-26-20(25)14-4-6-15(7-5-14)22-19(24)10-18(23)21-11-13-3-8-16-17(9-13)28-12-27-16/h3-9H,2,10-12H2,1H3,(H,21,23)(H,22,24). The Labute approximate surface area is 161 Å². The third-order valence-corrected chi connectivity index (χ3v) is 3.93. The van der Waals surface area contributed by atoms with E-state index < -0.39 is 17.8 Å². The van der Waals surface area contributed by atoms with Crippen LogP contribution in [-0.2, 0) is 20.9 Å². The van der Waals surface area contributed by atoms with Crippen molar-refractivity contribution in [2.24, 2.45) is 0 Å². The zero-order chi connectivity index (χ0) is 19.9. The molecule has 0 saturated carbocycles. The van der Waals surface area contributed by atoms with Crippen molar-refractivity contribution >= 4 is 23.5 Å². The Bertz CT molecular complexity index is 879. The molecule has 2 N–H and O–H groups in total. The minimum absolute atomic E-state index is 0.187. The molecule has 2 amide bonds. The minimum atomic E-state index is -0.452. The summed E-state index contributed by atoms with van der Waals surface area (Å²) in [5.41, 5.74) is 1.72. The van der Waals surface area contributed by atoms with Gasteiger partial charge in [-0.15, -0.1) is 0 Å². The first-order valence-corrected chi connectivity index (χ1v) is 8.77. The van der Waals surface area contributed by atoms with Gasteiger partial charge in [-0.25, -0.2) is 4.79 Å². The highest BCUT2D eigenvalue weighted by Gasteiger charge is 2.14. The van der Waals surface area contributed by atoms with Crippen LogP contribution in [-0.4, -0.2) is 31.2 Å². The van der Waals surface area contributed by atoms with Gasteiger partial charge in [-0.2, -0.15) is 0 Å². The van der Waals surface area contributed by atoms with Crippen LogP contribution in [0.25, 0.3) is 0 Å². The van der Waals surface area contributed by atoms with E-state index in [9.17, 15) is 14.4 Å². The average molecular weight is 384 g/mol. The van der Waals surface area contributed by atoms with E-state index in [2.05, 4.69) is 10.6 Å². The number of nitrogens with one attached hydrogen (secondary N) is 2. The number of anilines is 1. The summed E-state index contributed by atoms with van der Waals surface area (Å²) >= 11 is 0. The van der Waals surface area contributed by atoms with E-state index in [-0.39, 0.29) is 19.8 Å². The van der Waals surface area contributed by atoms with Crippen LogP contribution < -0.4 is 20.1 Å². The smallest absolute Gasteiger partial charge is 0.338 e. The molecule has 0 radical (unpaired) electrons. The predicted molar refractivity (Wildman–Crippen MR) is 100 cm³/mol. The molecule has 0 aliphatic carbocycles. The summed E-state index contributed by atoms with van der Waals surface area (Å²) in [5.74, 6) is 0.0211. The largest absolute Gasteiger partial charge is 0.462 e. The van der Waals surface area contributed by atoms with E-state index in [1.807, 2.05) is 6.07 Å². The van der Waals surface area contributed by atoms with Crippen molar-refractivity contribution in [3.05, 3.63) is 53.6 Å². The molecular weight excluding hydrogens is 364 g/mol. The number of rotatable bonds is 7. The van der Waals surface area contributed by atoms with Gasteiger partial charge in [0.25, 0.3) is 0 Å². The second-order valence-electron chi connectivity index (χ2n) is 5.99. The highest BCUT2D eigenvalue weighted by molar-refractivity contribution is 6.03. The number of fused-ring (bicyclic) bond motifs is 1. The van der Waals surface area contributed by atoms with Crippen molar-refractivity contribution in [1.29, 1.82) is 0 Å². The van der Waals surface area contributed by atoms with Gasteiger partial charge in [0.1, 0.15) is 6.42 Å². The Morgan fingerprint density at radius 2 is 1.75 bits per heavy atom. The number of amides is 2. The molecule has 1 heterocycles. The van der Waals surface area contributed by atoms with Crippen LogP contribution in [0.5, 0.6) is 11.5 Å². The molecule has 2 aromatic rings. The van der Waals surface area contributed by atoms with Crippen LogP contribution in [0.2, 0.25) is 0 Å². The molecule has 146 valence electrons. The summed E-state index contributed by atoms with van der Waals surface area (Å²) < 4.78 is 15.4. The number of hydrogen-bond acceptors (Lipinski definition) is 6. The molecule has 1 aliphatic heterocycles. The van der Waals surface area contributed by atoms with Crippen molar-refractivity contribution < 1.29 is 28.6 Å². The Morgan fingerprint density at radius 3 is 2.50 bits per heavy atom. The monoisotopic (exact) mass is 384 g/mol. The van der Waals surface area contributed by atoms with Crippen molar-refractivity contribution in [2.45, 2.75) is 19.9 Å². The SMILES string of the molecule is CCOC(=O)c1ccc(NC(=O)CC(=O)NCc2ccc3c(c2)OCO3)cc1.